The van der Waals surface area contributed by atoms with E-state index in [0.29, 0.717) is 44.0 Å². The zero-order chi connectivity index (χ0) is 22.5. The Morgan fingerprint density at radius 1 is 1.06 bits per heavy atom. The van der Waals surface area contributed by atoms with E-state index in [9.17, 15) is 14.0 Å². The van der Waals surface area contributed by atoms with Crippen molar-refractivity contribution < 1.29 is 23.1 Å². The molecule has 2 aromatic carbocycles. The van der Waals surface area contributed by atoms with Gasteiger partial charge in [-0.15, -0.1) is 0 Å². The number of hydrogen-bond acceptors (Lipinski definition) is 5. The van der Waals surface area contributed by atoms with Crippen molar-refractivity contribution in [2.75, 3.05) is 38.6 Å². The molecule has 1 aliphatic heterocycles. The average molecular weight is 437 g/mol. The number of furan rings is 1. The lowest BCUT2D eigenvalue weighted by molar-refractivity contribution is 0.0621. The summed E-state index contributed by atoms with van der Waals surface area (Å²) in [5.74, 6) is 0.291. The van der Waals surface area contributed by atoms with E-state index in [0.717, 1.165) is 5.76 Å². The van der Waals surface area contributed by atoms with Crippen molar-refractivity contribution in [2.24, 2.45) is 0 Å². The third kappa shape index (κ3) is 4.97. The molecule has 0 unspecified atom stereocenters. The quantitative estimate of drug-likeness (QED) is 0.637. The number of carbonyl (C=O) groups is 2. The van der Waals surface area contributed by atoms with Gasteiger partial charge in [0.2, 0.25) is 0 Å². The van der Waals surface area contributed by atoms with Crippen molar-refractivity contribution in [3.05, 3.63) is 83.6 Å². The van der Waals surface area contributed by atoms with Gasteiger partial charge in [-0.1, -0.05) is 0 Å². The third-order valence-corrected chi connectivity index (χ3v) is 5.43. The highest BCUT2D eigenvalue weighted by Gasteiger charge is 2.25. The maximum absolute atomic E-state index is 13.9. The van der Waals surface area contributed by atoms with Crippen molar-refractivity contribution in [3.63, 3.8) is 0 Å². The minimum atomic E-state index is -0.533. The largest absolute Gasteiger partial charge is 0.497 e. The van der Waals surface area contributed by atoms with E-state index in [4.69, 9.17) is 9.15 Å². The second-order valence-corrected chi connectivity index (χ2v) is 7.52. The Kier molecular flexibility index (Phi) is 6.51. The lowest BCUT2D eigenvalue weighted by atomic mass is 10.1. The van der Waals surface area contributed by atoms with Crippen LogP contribution in [0.2, 0.25) is 0 Å². The predicted molar refractivity (Wildman–Crippen MR) is 117 cm³/mol. The number of ether oxygens (including phenoxy) is 1. The minimum absolute atomic E-state index is 0.147. The van der Waals surface area contributed by atoms with Gasteiger partial charge in [-0.3, -0.25) is 14.5 Å². The molecule has 1 N–H and O–H groups in total. The number of nitrogens with zero attached hydrogens (tertiary/aromatic N) is 2. The van der Waals surface area contributed by atoms with Gasteiger partial charge in [-0.25, -0.2) is 4.39 Å². The number of rotatable bonds is 6. The van der Waals surface area contributed by atoms with Crippen LogP contribution in [0.5, 0.6) is 5.75 Å². The van der Waals surface area contributed by atoms with Crippen LogP contribution in [0.1, 0.15) is 26.5 Å². The number of hydrogen-bond donors (Lipinski definition) is 1. The highest BCUT2D eigenvalue weighted by Crippen LogP contribution is 2.22. The molecule has 7 nitrogen and oxygen atoms in total. The molecule has 1 saturated heterocycles. The van der Waals surface area contributed by atoms with Gasteiger partial charge in [-0.2, -0.15) is 0 Å². The summed E-state index contributed by atoms with van der Waals surface area (Å²) < 4.78 is 24.4. The van der Waals surface area contributed by atoms with E-state index in [1.165, 1.54) is 25.3 Å². The molecule has 2 heterocycles. The summed E-state index contributed by atoms with van der Waals surface area (Å²) in [5.41, 5.74) is 0.779. The summed E-state index contributed by atoms with van der Waals surface area (Å²) in [7, 11) is 1.54. The van der Waals surface area contributed by atoms with Crippen LogP contribution >= 0.6 is 0 Å². The van der Waals surface area contributed by atoms with Gasteiger partial charge in [0.15, 0.2) is 0 Å². The second-order valence-electron chi connectivity index (χ2n) is 7.52. The van der Waals surface area contributed by atoms with E-state index >= 15 is 0 Å². The first kappa shape index (κ1) is 21.6. The van der Waals surface area contributed by atoms with Crippen LogP contribution in [0.15, 0.2) is 65.3 Å². The lowest BCUT2D eigenvalue weighted by Gasteiger charge is -2.34. The maximum atomic E-state index is 13.9. The predicted octanol–water partition coefficient (Wildman–Crippen LogP) is 3.64. The van der Waals surface area contributed by atoms with Crippen LogP contribution in [-0.2, 0) is 6.54 Å². The molecule has 0 radical (unpaired) electrons. The molecule has 4 rings (SSSR count). The summed E-state index contributed by atoms with van der Waals surface area (Å²) in [5, 5.41) is 2.67. The fraction of sp³-hybridized carbons (Fsp3) is 0.250. The van der Waals surface area contributed by atoms with Gasteiger partial charge in [0.25, 0.3) is 11.8 Å². The second kappa shape index (κ2) is 9.65. The SMILES string of the molecule is COc1ccc(C(=O)Nc2cc(F)ccc2C(=O)N2CCN(Cc3ccco3)CC2)cc1. The number of amides is 2. The molecule has 1 aromatic heterocycles. The summed E-state index contributed by atoms with van der Waals surface area (Å²) in [6, 6.07) is 14.1. The van der Waals surface area contributed by atoms with Crippen molar-refractivity contribution in [1.29, 1.82) is 0 Å². The normalized spacial score (nSPS) is 14.2. The summed E-state index contributed by atoms with van der Waals surface area (Å²) in [6.45, 7) is 3.14. The highest BCUT2D eigenvalue weighted by atomic mass is 19.1. The average Bonchev–Trinajstić information content (AvgIpc) is 3.32. The van der Waals surface area contributed by atoms with Gasteiger partial charge < -0.3 is 19.4 Å². The zero-order valence-corrected chi connectivity index (χ0v) is 17.7. The van der Waals surface area contributed by atoms with E-state index in [2.05, 4.69) is 10.2 Å². The summed E-state index contributed by atoms with van der Waals surface area (Å²) in [4.78, 5) is 29.7. The molecule has 0 spiro atoms. The molecule has 0 aliphatic carbocycles. The Morgan fingerprint density at radius 3 is 2.47 bits per heavy atom. The van der Waals surface area contributed by atoms with Gasteiger partial charge >= 0.3 is 0 Å². The van der Waals surface area contributed by atoms with Gasteiger partial charge in [0.05, 0.1) is 31.2 Å². The smallest absolute Gasteiger partial charge is 0.256 e. The molecule has 8 heteroatoms. The van der Waals surface area contributed by atoms with Crippen LogP contribution in [-0.4, -0.2) is 54.9 Å². The molecule has 0 saturated carbocycles. The topological polar surface area (TPSA) is 75.0 Å². The first-order chi connectivity index (χ1) is 15.5. The molecule has 32 heavy (non-hydrogen) atoms. The standard InChI is InChI=1S/C24H24FN3O4/c1-31-19-7-4-17(5-8-19)23(29)26-22-15-18(25)6-9-21(22)24(30)28-12-10-27(11-13-28)16-20-3-2-14-32-20/h2-9,14-15H,10-13,16H2,1H3,(H,26,29). The van der Waals surface area contributed by atoms with E-state index in [1.807, 2.05) is 12.1 Å². The maximum Gasteiger partial charge on any atom is 0.256 e. The number of nitrogens with one attached hydrogen (secondary N) is 1. The molecule has 1 aliphatic rings. The zero-order valence-electron chi connectivity index (χ0n) is 17.7. The van der Waals surface area contributed by atoms with Gasteiger partial charge in [0.1, 0.15) is 17.3 Å². The number of anilines is 1. The van der Waals surface area contributed by atoms with Crippen LogP contribution < -0.4 is 10.1 Å². The summed E-state index contributed by atoms with van der Waals surface area (Å²) >= 11 is 0. The fourth-order valence-corrected chi connectivity index (χ4v) is 3.65. The Balaban J connectivity index is 1.44. The minimum Gasteiger partial charge on any atom is -0.497 e. The van der Waals surface area contributed by atoms with E-state index < -0.39 is 11.7 Å². The first-order valence-corrected chi connectivity index (χ1v) is 10.3. The monoisotopic (exact) mass is 437 g/mol. The number of halogens is 1. The van der Waals surface area contributed by atoms with Crippen molar-refractivity contribution in [1.82, 2.24) is 9.80 Å². The van der Waals surface area contributed by atoms with E-state index in [-0.39, 0.29) is 17.2 Å². The Morgan fingerprint density at radius 2 is 1.81 bits per heavy atom. The Bertz CT molecular complexity index is 1080. The molecular weight excluding hydrogens is 413 g/mol. The van der Waals surface area contributed by atoms with Gasteiger partial charge in [-0.05, 0) is 54.6 Å². The Labute approximate surface area is 185 Å². The third-order valence-electron chi connectivity index (χ3n) is 5.43. The molecule has 1 fully saturated rings. The number of methoxy groups -OCH3 is 1. The van der Waals surface area contributed by atoms with Crippen LogP contribution in [0.3, 0.4) is 0 Å². The highest BCUT2D eigenvalue weighted by molar-refractivity contribution is 6.09. The van der Waals surface area contributed by atoms with Gasteiger partial charge in [0, 0.05) is 31.7 Å². The van der Waals surface area contributed by atoms with Crippen LogP contribution in [0, 0.1) is 5.82 Å². The number of piperazine rings is 1. The molecule has 2 amide bonds. The molecule has 3 aromatic rings. The number of carbonyl (C=O) groups excluding carboxylic acids is 2. The van der Waals surface area contributed by atoms with E-state index in [1.54, 1.807) is 35.4 Å². The summed E-state index contributed by atoms with van der Waals surface area (Å²) in [6.07, 6.45) is 1.64. The molecule has 166 valence electrons. The molecule has 0 bridgehead atoms. The lowest BCUT2D eigenvalue weighted by Crippen LogP contribution is -2.48. The Hall–Kier alpha value is -3.65. The fourth-order valence-electron chi connectivity index (χ4n) is 3.65. The van der Waals surface area contributed by atoms with Crippen LogP contribution in [0.4, 0.5) is 10.1 Å². The molecular formula is C24H24FN3O4. The van der Waals surface area contributed by atoms with Crippen molar-refractivity contribution >= 4 is 17.5 Å². The first-order valence-electron chi connectivity index (χ1n) is 10.3. The molecule has 0 atom stereocenters. The van der Waals surface area contributed by atoms with Crippen molar-refractivity contribution in [2.45, 2.75) is 6.54 Å². The van der Waals surface area contributed by atoms with Crippen LogP contribution in [0.25, 0.3) is 0 Å². The number of benzene rings is 2. The van der Waals surface area contributed by atoms with Crippen molar-refractivity contribution in [3.8, 4) is 5.75 Å².